The molecule has 1 heterocycles. The van der Waals surface area contributed by atoms with E-state index >= 15 is 0 Å². The van der Waals surface area contributed by atoms with E-state index in [0.717, 1.165) is 5.56 Å². The maximum atomic E-state index is 12.2. The predicted molar refractivity (Wildman–Crippen MR) is 85.1 cm³/mol. The number of anilines is 1. The molecule has 1 fully saturated rings. The van der Waals surface area contributed by atoms with E-state index in [-0.39, 0.29) is 23.7 Å². The van der Waals surface area contributed by atoms with Crippen molar-refractivity contribution in [3.63, 3.8) is 0 Å². The van der Waals surface area contributed by atoms with Gasteiger partial charge in [-0.2, -0.15) is 5.26 Å². The van der Waals surface area contributed by atoms with Crippen LogP contribution in [0, 0.1) is 18.3 Å². The van der Waals surface area contributed by atoms with Crippen LogP contribution in [0.5, 0.6) is 0 Å². The van der Waals surface area contributed by atoms with Gasteiger partial charge in [0.05, 0.1) is 12.2 Å². The number of aryl methyl sites for hydroxylation is 1. The first-order valence-electron chi connectivity index (χ1n) is 7.37. The molecule has 2 atom stereocenters. The Morgan fingerprint density at radius 1 is 1.41 bits per heavy atom. The number of morpholine rings is 1. The van der Waals surface area contributed by atoms with Crippen molar-refractivity contribution in [3.05, 3.63) is 41.6 Å². The number of benzene rings is 1. The van der Waals surface area contributed by atoms with Gasteiger partial charge in [0.15, 0.2) is 0 Å². The summed E-state index contributed by atoms with van der Waals surface area (Å²) in [6.45, 7) is 7.26. The largest absolute Gasteiger partial charge is 0.372 e. The lowest BCUT2D eigenvalue weighted by Crippen LogP contribution is -2.43. The number of rotatable bonds is 3. The van der Waals surface area contributed by atoms with E-state index in [2.05, 4.69) is 5.32 Å². The number of hydrogen-bond acceptors (Lipinski definition) is 4. The number of nitriles is 1. The Bertz CT molecular complexity index is 609. The molecule has 5 heteroatoms. The zero-order valence-corrected chi connectivity index (χ0v) is 13.2. The molecule has 116 valence electrons. The molecule has 1 aromatic rings. The molecule has 2 rings (SSSR count). The Kier molecular flexibility index (Phi) is 5.18. The molecule has 1 aliphatic heterocycles. The Hall–Kier alpha value is -2.32. The molecule has 1 aliphatic rings. The summed E-state index contributed by atoms with van der Waals surface area (Å²) in [6, 6.07) is 9.47. The van der Waals surface area contributed by atoms with E-state index < -0.39 is 0 Å². The molecule has 1 N–H and O–H groups in total. The maximum absolute atomic E-state index is 12.2. The topological polar surface area (TPSA) is 65.4 Å². The second-order valence-electron chi connectivity index (χ2n) is 5.69. The minimum absolute atomic E-state index is 0.0831. The molecule has 0 saturated carbocycles. The smallest absolute Gasteiger partial charge is 0.267 e. The molecular weight excluding hydrogens is 278 g/mol. The first-order valence-corrected chi connectivity index (χ1v) is 7.37. The summed E-state index contributed by atoms with van der Waals surface area (Å²) in [5, 5.41) is 12.0. The number of amides is 1. The van der Waals surface area contributed by atoms with Crippen molar-refractivity contribution in [1.29, 1.82) is 5.26 Å². The summed E-state index contributed by atoms with van der Waals surface area (Å²) in [7, 11) is 0. The number of hydrogen-bond donors (Lipinski definition) is 1. The maximum Gasteiger partial charge on any atom is 0.267 e. The standard InChI is InChI=1S/C17H21N3O2/c1-12-5-4-6-16(7-12)19-17(21)15(8-18)11-20-9-13(2)22-14(3)10-20/h4-7,11,13-14H,9-10H2,1-3H3,(H,19,21)/b15-11-. The normalized spacial score (nSPS) is 22.1. The van der Waals surface area contributed by atoms with Crippen LogP contribution >= 0.6 is 0 Å². The molecule has 1 saturated heterocycles. The van der Waals surface area contributed by atoms with Gasteiger partial charge in [0.2, 0.25) is 0 Å². The molecule has 0 radical (unpaired) electrons. The van der Waals surface area contributed by atoms with E-state index in [4.69, 9.17) is 4.74 Å². The molecule has 0 aliphatic carbocycles. The van der Waals surface area contributed by atoms with Crippen LogP contribution in [0.2, 0.25) is 0 Å². The summed E-state index contributed by atoms with van der Waals surface area (Å²) >= 11 is 0. The van der Waals surface area contributed by atoms with Gasteiger partial charge in [-0.15, -0.1) is 0 Å². The van der Waals surface area contributed by atoms with Crippen LogP contribution in [0.4, 0.5) is 5.69 Å². The van der Waals surface area contributed by atoms with E-state index in [1.165, 1.54) is 0 Å². The van der Waals surface area contributed by atoms with Crippen LogP contribution < -0.4 is 5.32 Å². The van der Waals surface area contributed by atoms with E-state index in [9.17, 15) is 10.1 Å². The van der Waals surface area contributed by atoms with Gasteiger partial charge in [-0.25, -0.2) is 0 Å². The molecule has 22 heavy (non-hydrogen) atoms. The lowest BCUT2D eigenvalue weighted by atomic mass is 10.2. The SMILES string of the molecule is Cc1cccc(NC(=O)/C(C#N)=C\N2CC(C)OC(C)C2)c1. The number of carbonyl (C=O) groups excluding carboxylic acids is 1. The summed E-state index contributed by atoms with van der Waals surface area (Å²) in [6.07, 6.45) is 1.79. The third kappa shape index (κ3) is 4.34. The summed E-state index contributed by atoms with van der Waals surface area (Å²) in [5.41, 5.74) is 1.84. The van der Waals surface area contributed by atoms with Gasteiger partial charge in [0.1, 0.15) is 11.6 Å². The predicted octanol–water partition coefficient (Wildman–Crippen LogP) is 2.45. The number of nitrogens with zero attached hydrogens (tertiary/aromatic N) is 2. The van der Waals surface area contributed by atoms with Crippen molar-refractivity contribution in [2.45, 2.75) is 33.0 Å². The van der Waals surface area contributed by atoms with Crippen LogP contribution in [0.15, 0.2) is 36.0 Å². The highest BCUT2D eigenvalue weighted by Crippen LogP contribution is 2.14. The summed E-state index contributed by atoms with van der Waals surface area (Å²) in [4.78, 5) is 14.2. The fourth-order valence-electron chi connectivity index (χ4n) is 2.57. The minimum Gasteiger partial charge on any atom is -0.372 e. The lowest BCUT2D eigenvalue weighted by Gasteiger charge is -2.34. The fourth-order valence-corrected chi connectivity index (χ4v) is 2.57. The molecule has 1 amide bonds. The summed E-state index contributed by atoms with van der Waals surface area (Å²) in [5.74, 6) is -0.389. The Labute approximate surface area is 131 Å². The third-order valence-corrected chi connectivity index (χ3v) is 3.40. The van der Waals surface area contributed by atoms with Gasteiger partial charge >= 0.3 is 0 Å². The van der Waals surface area contributed by atoms with Gasteiger partial charge in [0.25, 0.3) is 5.91 Å². The van der Waals surface area contributed by atoms with Crippen molar-refractivity contribution in [2.75, 3.05) is 18.4 Å². The van der Waals surface area contributed by atoms with Gasteiger partial charge in [0, 0.05) is 25.0 Å². The number of ether oxygens (including phenoxy) is 1. The van der Waals surface area contributed by atoms with Crippen molar-refractivity contribution < 1.29 is 9.53 Å². The van der Waals surface area contributed by atoms with Crippen molar-refractivity contribution >= 4 is 11.6 Å². The number of nitrogens with one attached hydrogen (secondary N) is 1. The van der Waals surface area contributed by atoms with E-state index in [1.807, 2.05) is 49.9 Å². The quantitative estimate of drug-likeness (QED) is 0.688. The Morgan fingerprint density at radius 3 is 2.68 bits per heavy atom. The highest BCUT2D eigenvalue weighted by Gasteiger charge is 2.21. The molecule has 0 aromatic heterocycles. The average molecular weight is 299 g/mol. The monoisotopic (exact) mass is 299 g/mol. The highest BCUT2D eigenvalue weighted by molar-refractivity contribution is 6.06. The van der Waals surface area contributed by atoms with Crippen molar-refractivity contribution in [1.82, 2.24) is 4.90 Å². The van der Waals surface area contributed by atoms with Crippen LogP contribution in [0.3, 0.4) is 0 Å². The molecular formula is C17H21N3O2. The van der Waals surface area contributed by atoms with Gasteiger partial charge in [-0.05, 0) is 38.5 Å². The van der Waals surface area contributed by atoms with E-state index in [1.54, 1.807) is 12.3 Å². The Balaban J connectivity index is 2.08. The van der Waals surface area contributed by atoms with Crippen LogP contribution in [0.1, 0.15) is 19.4 Å². The van der Waals surface area contributed by atoms with Gasteiger partial charge in [-0.1, -0.05) is 12.1 Å². The van der Waals surface area contributed by atoms with Gasteiger partial charge in [-0.3, -0.25) is 4.79 Å². The lowest BCUT2D eigenvalue weighted by molar-refractivity contribution is -0.112. The zero-order chi connectivity index (χ0) is 16.1. The zero-order valence-electron chi connectivity index (χ0n) is 13.2. The third-order valence-electron chi connectivity index (χ3n) is 3.40. The first kappa shape index (κ1) is 16.1. The molecule has 0 spiro atoms. The molecule has 2 unspecified atom stereocenters. The molecule has 1 aromatic carbocycles. The first-order chi connectivity index (χ1) is 10.5. The van der Waals surface area contributed by atoms with Crippen molar-refractivity contribution in [2.24, 2.45) is 0 Å². The second-order valence-corrected chi connectivity index (χ2v) is 5.69. The highest BCUT2D eigenvalue weighted by atomic mass is 16.5. The van der Waals surface area contributed by atoms with Crippen molar-refractivity contribution in [3.8, 4) is 6.07 Å². The number of carbonyl (C=O) groups is 1. The fraction of sp³-hybridized carbons (Fsp3) is 0.412. The Morgan fingerprint density at radius 2 is 2.09 bits per heavy atom. The van der Waals surface area contributed by atoms with Crippen LogP contribution in [0.25, 0.3) is 0 Å². The molecule has 5 nitrogen and oxygen atoms in total. The van der Waals surface area contributed by atoms with Gasteiger partial charge < -0.3 is 15.0 Å². The van der Waals surface area contributed by atoms with E-state index in [0.29, 0.717) is 18.8 Å². The summed E-state index contributed by atoms with van der Waals surface area (Å²) < 4.78 is 5.65. The minimum atomic E-state index is -0.389. The second kappa shape index (κ2) is 7.10. The average Bonchev–Trinajstić information content (AvgIpc) is 2.43. The van der Waals surface area contributed by atoms with Crippen LogP contribution in [-0.2, 0) is 9.53 Å². The van der Waals surface area contributed by atoms with Crippen LogP contribution in [-0.4, -0.2) is 36.1 Å². The molecule has 0 bridgehead atoms.